The molecule has 2 aliphatic rings. The molecular weight excluding hydrogens is 600 g/mol. The fraction of sp³-hybridized carbons (Fsp3) is 0.189. The third kappa shape index (κ3) is 4.00. The maximum atomic E-state index is 17.2. The molecule has 9 heteroatoms. The third-order valence-corrected chi connectivity index (χ3v) is 8.89. The summed E-state index contributed by atoms with van der Waals surface area (Å²) < 4.78 is 91.2. The highest BCUT2D eigenvalue weighted by atomic mass is 19.4. The third-order valence-electron chi connectivity index (χ3n) is 8.89. The summed E-state index contributed by atoms with van der Waals surface area (Å²) in [5.41, 5.74) is -4.54. The van der Waals surface area contributed by atoms with Crippen molar-refractivity contribution in [2.75, 3.05) is 28.4 Å². The summed E-state index contributed by atoms with van der Waals surface area (Å²) in [7, 11) is 6.01. The topological polar surface area (TPSA) is 46.2 Å². The molecule has 0 fully saturated rings. The summed E-state index contributed by atoms with van der Waals surface area (Å²) in [5.74, 6) is 1.91. The van der Waals surface area contributed by atoms with Gasteiger partial charge in [0.05, 0.1) is 28.4 Å². The molecular formula is C37H28F4O5. The number of hydrogen-bond acceptors (Lipinski definition) is 5. The van der Waals surface area contributed by atoms with Gasteiger partial charge in [0.15, 0.2) is 17.1 Å². The summed E-state index contributed by atoms with van der Waals surface area (Å²) in [6, 6.07) is 23.3. The van der Waals surface area contributed by atoms with Crippen molar-refractivity contribution in [3.8, 4) is 39.9 Å². The molecule has 0 radical (unpaired) electrons. The molecule has 0 aromatic heterocycles. The van der Waals surface area contributed by atoms with E-state index in [1.165, 1.54) is 38.5 Å². The quantitative estimate of drug-likeness (QED) is 0.176. The van der Waals surface area contributed by atoms with Crippen LogP contribution >= 0.6 is 0 Å². The van der Waals surface area contributed by atoms with Gasteiger partial charge in [-0.3, -0.25) is 0 Å². The van der Waals surface area contributed by atoms with E-state index in [1.54, 1.807) is 62.8 Å². The minimum atomic E-state index is -5.28. The molecule has 0 N–H and O–H groups in total. The molecule has 5 aromatic rings. The highest BCUT2D eigenvalue weighted by molar-refractivity contribution is 6.09. The van der Waals surface area contributed by atoms with Crippen molar-refractivity contribution < 1.29 is 41.2 Å². The summed E-state index contributed by atoms with van der Waals surface area (Å²) in [6.45, 7) is 0. The molecule has 1 aliphatic heterocycles. The zero-order valence-corrected chi connectivity index (χ0v) is 25.3. The van der Waals surface area contributed by atoms with Crippen molar-refractivity contribution in [3.63, 3.8) is 0 Å². The van der Waals surface area contributed by atoms with Crippen LogP contribution in [0.25, 0.3) is 28.0 Å². The molecule has 0 saturated carbocycles. The van der Waals surface area contributed by atoms with Crippen LogP contribution in [0, 0.1) is 0 Å². The highest BCUT2D eigenvalue weighted by Crippen LogP contribution is 2.63. The number of methoxy groups -OCH3 is 4. The van der Waals surface area contributed by atoms with Crippen LogP contribution in [0.1, 0.15) is 27.8 Å². The summed E-state index contributed by atoms with van der Waals surface area (Å²) >= 11 is 0. The van der Waals surface area contributed by atoms with Gasteiger partial charge in [-0.2, -0.15) is 13.2 Å². The zero-order valence-electron chi connectivity index (χ0n) is 25.3. The van der Waals surface area contributed by atoms with Crippen molar-refractivity contribution in [3.05, 3.63) is 119 Å². The molecule has 1 heterocycles. The van der Waals surface area contributed by atoms with E-state index in [9.17, 15) is 0 Å². The van der Waals surface area contributed by atoms with E-state index in [2.05, 4.69) is 0 Å². The molecule has 234 valence electrons. The molecule has 0 saturated heterocycles. The first-order valence-corrected chi connectivity index (χ1v) is 14.4. The molecule has 5 nitrogen and oxygen atoms in total. The highest BCUT2D eigenvalue weighted by Gasteiger charge is 2.64. The number of hydrogen-bond donors (Lipinski definition) is 0. The van der Waals surface area contributed by atoms with Crippen LogP contribution in [0.15, 0.2) is 91.0 Å². The monoisotopic (exact) mass is 628 g/mol. The number of ether oxygens (including phenoxy) is 5. The van der Waals surface area contributed by atoms with E-state index < -0.39 is 28.6 Å². The average molecular weight is 629 g/mol. The Kier molecular flexibility index (Phi) is 6.70. The Morgan fingerprint density at radius 2 is 1.22 bits per heavy atom. The van der Waals surface area contributed by atoms with Crippen LogP contribution in [0.4, 0.5) is 17.6 Å². The van der Waals surface area contributed by atoms with Gasteiger partial charge < -0.3 is 23.7 Å². The maximum absolute atomic E-state index is 17.2. The largest absolute Gasteiger partial charge is 0.497 e. The molecule has 1 aliphatic carbocycles. The Morgan fingerprint density at radius 3 is 1.74 bits per heavy atom. The van der Waals surface area contributed by atoms with E-state index in [0.717, 1.165) is 0 Å². The Labute approximate surface area is 262 Å². The van der Waals surface area contributed by atoms with Crippen molar-refractivity contribution in [1.82, 2.24) is 0 Å². The second-order valence-electron chi connectivity index (χ2n) is 11.1. The minimum absolute atomic E-state index is 0.0107. The van der Waals surface area contributed by atoms with Gasteiger partial charge >= 0.3 is 6.18 Å². The molecule has 0 bridgehead atoms. The second kappa shape index (κ2) is 10.4. The molecule has 0 amide bonds. The van der Waals surface area contributed by atoms with Crippen molar-refractivity contribution in [2.45, 2.75) is 17.4 Å². The van der Waals surface area contributed by atoms with Gasteiger partial charge in [-0.05, 0) is 59.0 Å². The van der Waals surface area contributed by atoms with Gasteiger partial charge in [-0.25, -0.2) is 4.39 Å². The summed E-state index contributed by atoms with van der Waals surface area (Å²) in [5, 5.41) is 0.764. The van der Waals surface area contributed by atoms with Gasteiger partial charge in [-0.1, -0.05) is 54.6 Å². The SMILES string of the molecule is COc1ccc(C2(c3ccc(OC)cc3)C=Cc3c4c(c5cc(OC)c(OC)cc5c3O2)-c2ccccc2C4(F)C(F)(F)F)cc1. The number of halogens is 4. The average Bonchev–Trinajstić information content (AvgIpc) is 3.37. The molecule has 0 spiro atoms. The van der Waals surface area contributed by atoms with E-state index in [1.807, 2.05) is 24.3 Å². The van der Waals surface area contributed by atoms with Gasteiger partial charge in [0, 0.05) is 33.2 Å². The summed E-state index contributed by atoms with van der Waals surface area (Å²) in [6.07, 6.45) is -2.07. The van der Waals surface area contributed by atoms with Gasteiger partial charge in [0.25, 0.3) is 5.67 Å². The molecule has 46 heavy (non-hydrogen) atoms. The zero-order chi connectivity index (χ0) is 32.4. The van der Waals surface area contributed by atoms with Crippen molar-refractivity contribution >= 4 is 16.8 Å². The fourth-order valence-corrected chi connectivity index (χ4v) is 6.69. The molecule has 5 aromatic carbocycles. The van der Waals surface area contributed by atoms with Crippen molar-refractivity contribution in [1.29, 1.82) is 0 Å². The predicted octanol–water partition coefficient (Wildman–Crippen LogP) is 8.98. The number of alkyl halides is 4. The molecule has 7 rings (SSSR count). The first-order chi connectivity index (χ1) is 22.1. The number of benzene rings is 5. The van der Waals surface area contributed by atoms with Crippen LogP contribution in [-0.4, -0.2) is 34.6 Å². The summed E-state index contributed by atoms with van der Waals surface area (Å²) in [4.78, 5) is 0. The Bertz CT molecular complexity index is 1970. The predicted molar refractivity (Wildman–Crippen MR) is 167 cm³/mol. The minimum Gasteiger partial charge on any atom is -0.497 e. The standard InChI is InChI=1S/C37H28F4O5/c1-42-23-13-9-21(10-14-23)35(22-11-15-24(43-2)16-12-22)18-17-26-33-32(25-7-5-6-8-29(25)36(33,38)37(39,40)41)27-19-30(44-3)31(45-4)20-28(27)34(26)46-35/h5-20H,1-4H3. The lowest BCUT2D eigenvalue weighted by atomic mass is 9.80. The van der Waals surface area contributed by atoms with Crippen LogP contribution in [0.3, 0.4) is 0 Å². The first-order valence-electron chi connectivity index (χ1n) is 14.4. The van der Waals surface area contributed by atoms with E-state index in [0.29, 0.717) is 39.1 Å². The lowest BCUT2D eigenvalue weighted by Gasteiger charge is -2.38. The Balaban J connectivity index is 1.61. The lowest BCUT2D eigenvalue weighted by Crippen LogP contribution is -2.39. The first kappa shape index (κ1) is 29.5. The van der Waals surface area contributed by atoms with Crippen molar-refractivity contribution in [2.24, 2.45) is 0 Å². The van der Waals surface area contributed by atoms with Gasteiger partial charge in [0.1, 0.15) is 17.2 Å². The number of fused-ring (bicyclic) bond motifs is 8. The van der Waals surface area contributed by atoms with Crippen LogP contribution in [-0.2, 0) is 11.3 Å². The number of rotatable bonds is 6. The molecule has 1 unspecified atom stereocenters. The van der Waals surface area contributed by atoms with E-state index in [4.69, 9.17) is 23.7 Å². The molecule has 1 atom stereocenters. The second-order valence-corrected chi connectivity index (χ2v) is 11.1. The fourth-order valence-electron chi connectivity index (χ4n) is 6.69. The van der Waals surface area contributed by atoms with Crippen LogP contribution < -0.4 is 23.7 Å². The smallest absolute Gasteiger partial charge is 0.431 e. The van der Waals surface area contributed by atoms with E-state index in [-0.39, 0.29) is 28.2 Å². The normalized spacial score (nSPS) is 17.5. The van der Waals surface area contributed by atoms with Gasteiger partial charge in [0.2, 0.25) is 0 Å². The van der Waals surface area contributed by atoms with Crippen LogP contribution in [0.5, 0.6) is 28.7 Å². The lowest BCUT2D eigenvalue weighted by molar-refractivity contribution is -0.217. The Hall–Kier alpha value is -5.18. The van der Waals surface area contributed by atoms with Crippen LogP contribution in [0.2, 0.25) is 0 Å². The Morgan fingerprint density at radius 1 is 0.674 bits per heavy atom. The van der Waals surface area contributed by atoms with E-state index >= 15 is 17.6 Å². The van der Waals surface area contributed by atoms with Gasteiger partial charge in [-0.15, -0.1) is 0 Å². The maximum Gasteiger partial charge on any atom is 0.431 e.